The van der Waals surface area contributed by atoms with E-state index in [-0.39, 0.29) is 17.9 Å². The monoisotopic (exact) mass is 351 g/mol. The molecule has 0 bridgehead atoms. The van der Waals surface area contributed by atoms with Gasteiger partial charge in [-0.1, -0.05) is 73.5 Å². The molecule has 138 valence electrons. The number of esters is 1. The summed E-state index contributed by atoms with van der Waals surface area (Å²) in [5.74, 6) is -0.0943. The van der Waals surface area contributed by atoms with Crippen molar-refractivity contribution in [1.82, 2.24) is 5.32 Å². The topological polar surface area (TPSA) is 38.3 Å². The highest BCUT2D eigenvalue weighted by Gasteiger charge is 2.33. The highest BCUT2D eigenvalue weighted by atomic mass is 16.5. The molecule has 2 aromatic carbocycles. The first-order valence-electron chi connectivity index (χ1n) is 9.68. The van der Waals surface area contributed by atoms with Gasteiger partial charge in [0.15, 0.2) is 0 Å². The molecule has 0 aromatic heterocycles. The van der Waals surface area contributed by atoms with Crippen LogP contribution in [0.4, 0.5) is 0 Å². The van der Waals surface area contributed by atoms with Gasteiger partial charge in [0.1, 0.15) is 0 Å². The molecule has 0 saturated heterocycles. The van der Waals surface area contributed by atoms with Crippen LogP contribution >= 0.6 is 0 Å². The third-order valence-corrected chi connectivity index (χ3v) is 5.37. The summed E-state index contributed by atoms with van der Waals surface area (Å²) in [5, 5.41) is 3.82. The summed E-state index contributed by atoms with van der Waals surface area (Å²) in [5.41, 5.74) is 2.65. The van der Waals surface area contributed by atoms with Gasteiger partial charge in [-0.15, -0.1) is 0 Å². The Morgan fingerprint density at radius 2 is 1.50 bits per heavy atom. The van der Waals surface area contributed by atoms with Crippen molar-refractivity contribution in [3.63, 3.8) is 0 Å². The fourth-order valence-electron chi connectivity index (χ4n) is 4.05. The number of hydrogen-bond acceptors (Lipinski definition) is 3. The van der Waals surface area contributed by atoms with Gasteiger partial charge >= 0.3 is 5.97 Å². The molecule has 3 heteroatoms. The van der Waals surface area contributed by atoms with Gasteiger partial charge in [-0.2, -0.15) is 0 Å². The van der Waals surface area contributed by atoms with E-state index in [0.717, 1.165) is 32.1 Å². The van der Waals surface area contributed by atoms with Crippen LogP contribution in [0, 0.1) is 5.92 Å². The molecule has 2 aromatic rings. The predicted molar refractivity (Wildman–Crippen MR) is 105 cm³/mol. The minimum Gasteiger partial charge on any atom is -0.469 e. The standard InChI is InChI=1S/C23H29NO2/c1-26-23(25)21-14-8-9-15-22(21)24-20(16-18-10-4-2-5-11-18)17-19-12-6-3-7-13-19/h2-7,10-13,20-22,24H,8-9,14-17H2,1H3/t21-,22-/m0/s1. The Morgan fingerprint density at radius 1 is 0.962 bits per heavy atom. The number of carbonyl (C=O) groups excluding carboxylic acids is 1. The molecular formula is C23H29NO2. The maximum atomic E-state index is 12.2. The number of rotatable bonds is 7. The minimum absolute atomic E-state index is 0.0252. The van der Waals surface area contributed by atoms with Crippen LogP contribution in [0.25, 0.3) is 0 Å². The quantitative estimate of drug-likeness (QED) is 0.761. The van der Waals surface area contributed by atoms with E-state index < -0.39 is 0 Å². The van der Waals surface area contributed by atoms with Gasteiger partial charge in [0.05, 0.1) is 13.0 Å². The number of benzene rings is 2. The highest BCUT2D eigenvalue weighted by Crippen LogP contribution is 2.26. The molecule has 3 nitrogen and oxygen atoms in total. The normalized spacial score (nSPS) is 20.1. The Balaban J connectivity index is 1.74. The molecule has 1 aliphatic rings. The average molecular weight is 351 g/mol. The predicted octanol–water partition coefficient (Wildman–Crippen LogP) is 4.16. The summed E-state index contributed by atoms with van der Waals surface area (Å²) in [7, 11) is 1.50. The smallest absolute Gasteiger partial charge is 0.310 e. The number of hydrogen-bond donors (Lipinski definition) is 1. The molecule has 1 aliphatic carbocycles. The SMILES string of the molecule is COC(=O)[C@H]1CCCC[C@@H]1NC(Cc1ccccc1)Cc1ccccc1. The van der Waals surface area contributed by atoms with E-state index in [0.29, 0.717) is 6.04 Å². The van der Waals surface area contributed by atoms with Gasteiger partial charge in [0.25, 0.3) is 0 Å². The van der Waals surface area contributed by atoms with Gasteiger partial charge < -0.3 is 10.1 Å². The lowest BCUT2D eigenvalue weighted by atomic mass is 9.83. The molecule has 1 N–H and O–H groups in total. The second kappa shape index (κ2) is 9.54. The summed E-state index contributed by atoms with van der Waals surface area (Å²) < 4.78 is 5.06. The van der Waals surface area contributed by atoms with E-state index in [1.165, 1.54) is 24.7 Å². The fourth-order valence-corrected chi connectivity index (χ4v) is 4.05. The third-order valence-electron chi connectivity index (χ3n) is 5.37. The van der Waals surface area contributed by atoms with Crippen molar-refractivity contribution in [2.75, 3.05) is 7.11 Å². The van der Waals surface area contributed by atoms with E-state index in [2.05, 4.69) is 66.0 Å². The zero-order valence-electron chi connectivity index (χ0n) is 15.6. The summed E-state index contributed by atoms with van der Waals surface area (Å²) in [4.78, 5) is 12.2. The van der Waals surface area contributed by atoms with Gasteiger partial charge in [-0.25, -0.2) is 0 Å². The van der Waals surface area contributed by atoms with Crippen LogP contribution in [-0.4, -0.2) is 25.2 Å². The first-order valence-corrected chi connectivity index (χ1v) is 9.68. The van der Waals surface area contributed by atoms with Crippen molar-refractivity contribution >= 4 is 5.97 Å². The lowest BCUT2D eigenvalue weighted by molar-refractivity contribution is -0.147. The Hall–Kier alpha value is -2.13. The number of ether oxygens (including phenoxy) is 1. The Morgan fingerprint density at radius 3 is 2.04 bits per heavy atom. The van der Waals surface area contributed by atoms with Crippen molar-refractivity contribution in [3.8, 4) is 0 Å². The number of carbonyl (C=O) groups is 1. The first kappa shape index (κ1) is 18.7. The molecule has 2 atom stereocenters. The van der Waals surface area contributed by atoms with Gasteiger partial charge in [-0.05, 0) is 36.8 Å². The van der Waals surface area contributed by atoms with Crippen molar-refractivity contribution in [1.29, 1.82) is 0 Å². The van der Waals surface area contributed by atoms with Crippen molar-refractivity contribution in [3.05, 3.63) is 71.8 Å². The van der Waals surface area contributed by atoms with E-state index >= 15 is 0 Å². The average Bonchev–Trinajstić information content (AvgIpc) is 2.69. The molecule has 1 fully saturated rings. The van der Waals surface area contributed by atoms with E-state index in [4.69, 9.17) is 4.74 Å². The highest BCUT2D eigenvalue weighted by molar-refractivity contribution is 5.73. The van der Waals surface area contributed by atoms with Crippen LogP contribution in [0.2, 0.25) is 0 Å². The molecule has 0 unspecified atom stereocenters. The van der Waals surface area contributed by atoms with Gasteiger partial charge in [0.2, 0.25) is 0 Å². The largest absolute Gasteiger partial charge is 0.469 e. The molecule has 1 saturated carbocycles. The number of methoxy groups -OCH3 is 1. The van der Waals surface area contributed by atoms with Crippen molar-refractivity contribution in [2.45, 2.75) is 50.6 Å². The lowest BCUT2D eigenvalue weighted by Crippen LogP contribution is -2.48. The molecule has 0 spiro atoms. The van der Waals surface area contributed by atoms with E-state index in [9.17, 15) is 4.79 Å². The minimum atomic E-state index is -0.0691. The zero-order chi connectivity index (χ0) is 18.2. The van der Waals surface area contributed by atoms with Crippen LogP contribution in [0.5, 0.6) is 0 Å². The Kier molecular flexibility index (Phi) is 6.84. The molecule has 3 rings (SSSR count). The lowest BCUT2D eigenvalue weighted by Gasteiger charge is -2.34. The van der Waals surface area contributed by atoms with E-state index in [1.54, 1.807) is 0 Å². The molecule has 0 radical (unpaired) electrons. The molecule has 0 heterocycles. The van der Waals surface area contributed by atoms with Gasteiger partial charge in [-0.3, -0.25) is 4.79 Å². The van der Waals surface area contributed by atoms with Crippen molar-refractivity contribution < 1.29 is 9.53 Å². The van der Waals surface area contributed by atoms with E-state index in [1.807, 2.05) is 0 Å². The van der Waals surface area contributed by atoms with Gasteiger partial charge in [0, 0.05) is 12.1 Å². The maximum Gasteiger partial charge on any atom is 0.310 e. The first-order chi connectivity index (χ1) is 12.8. The maximum absolute atomic E-state index is 12.2. The third kappa shape index (κ3) is 5.18. The Bertz CT molecular complexity index is 630. The van der Waals surface area contributed by atoms with Crippen LogP contribution in [0.15, 0.2) is 60.7 Å². The molecular weight excluding hydrogens is 322 g/mol. The number of nitrogens with one attached hydrogen (secondary N) is 1. The Labute approximate surface area is 156 Å². The van der Waals surface area contributed by atoms with Crippen LogP contribution in [-0.2, 0) is 22.4 Å². The zero-order valence-corrected chi connectivity index (χ0v) is 15.6. The summed E-state index contributed by atoms with van der Waals surface area (Å²) in [6, 6.07) is 21.7. The van der Waals surface area contributed by atoms with Crippen molar-refractivity contribution in [2.24, 2.45) is 5.92 Å². The molecule has 0 amide bonds. The van der Waals surface area contributed by atoms with Crippen LogP contribution in [0.3, 0.4) is 0 Å². The molecule has 26 heavy (non-hydrogen) atoms. The summed E-state index contributed by atoms with van der Waals surface area (Å²) in [6.07, 6.45) is 6.17. The fraction of sp³-hybridized carbons (Fsp3) is 0.435. The second-order valence-electron chi connectivity index (χ2n) is 7.26. The summed E-state index contributed by atoms with van der Waals surface area (Å²) >= 11 is 0. The summed E-state index contributed by atoms with van der Waals surface area (Å²) in [6.45, 7) is 0. The van der Waals surface area contributed by atoms with Crippen LogP contribution in [0.1, 0.15) is 36.8 Å². The molecule has 0 aliphatic heterocycles. The van der Waals surface area contributed by atoms with Crippen LogP contribution < -0.4 is 5.32 Å². The second-order valence-corrected chi connectivity index (χ2v) is 7.26.